The van der Waals surface area contributed by atoms with Gasteiger partial charge in [-0.2, -0.15) is 0 Å². The minimum absolute atomic E-state index is 0.294. The monoisotopic (exact) mass is 488 g/mol. The standard InChI is InChI=1S/C30H32O6/c1-3-26-27(32-19-23-13-7-4-8-14-23)28(33-20-24-15-9-5-10-16-24)29(30(36-26)35-22(2)31)34-21-25-17-11-6-12-18-25/h3-18,26-30H,1,19-21H2,2H3/t26-,27+,28+,29-,30?/m1/s1. The lowest BCUT2D eigenvalue weighted by molar-refractivity contribution is -0.306. The number of rotatable bonds is 11. The molecule has 1 heterocycles. The summed E-state index contributed by atoms with van der Waals surface area (Å²) in [6, 6.07) is 29.5. The highest BCUT2D eigenvalue weighted by atomic mass is 16.7. The molecule has 1 aliphatic rings. The fourth-order valence-corrected chi connectivity index (χ4v) is 4.14. The Hall–Kier alpha value is -3.29. The zero-order valence-corrected chi connectivity index (χ0v) is 20.4. The molecule has 0 N–H and O–H groups in total. The minimum atomic E-state index is -0.980. The van der Waals surface area contributed by atoms with Crippen LogP contribution in [0.2, 0.25) is 0 Å². The molecule has 1 aliphatic heterocycles. The molecule has 0 saturated carbocycles. The van der Waals surface area contributed by atoms with Crippen LogP contribution in [0, 0.1) is 0 Å². The third-order valence-corrected chi connectivity index (χ3v) is 5.90. The molecule has 0 radical (unpaired) electrons. The number of carbonyl (C=O) groups is 1. The molecule has 0 bridgehead atoms. The Balaban J connectivity index is 1.61. The van der Waals surface area contributed by atoms with Gasteiger partial charge in [-0.25, -0.2) is 0 Å². The van der Waals surface area contributed by atoms with Crippen LogP contribution in [0.5, 0.6) is 0 Å². The van der Waals surface area contributed by atoms with Crippen molar-refractivity contribution in [3.63, 3.8) is 0 Å². The average molecular weight is 489 g/mol. The van der Waals surface area contributed by atoms with Gasteiger partial charge in [-0.3, -0.25) is 4.79 Å². The Kier molecular flexibility index (Phi) is 9.41. The van der Waals surface area contributed by atoms with Crippen molar-refractivity contribution in [2.75, 3.05) is 0 Å². The van der Waals surface area contributed by atoms with Crippen LogP contribution in [0.3, 0.4) is 0 Å². The zero-order valence-electron chi connectivity index (χ0n) is 20.4. The molecule has 0 aliphatic carbocycles. The van der Waals surface area contributed by atoms with Gasteiger partial charge < -0.3 is 23.7 Å². The molecule has 4 rings (SSSR count). The van der Waals surface area contributed by atoms with Crippen LogP contribution in [-0.2, 0) is 48.3 Å². The lowest BCUT2D eigenvalue weighted by Crippen LogP contribution is -2.60. The first kappa shape index (κ1) is 25.8. The van der Waals surface area contributed by atoms with Gasteiger partial charge in [0.1, 0.15) is 24.4 Å². The average Bonchev–Trinajstić information content (AvgIpc) is 2.91. The van der Waals surface area contributed by atoms with E-state index >= 15 is 0 Å². The summed E-state index contributed by atoms with van der Waals surface area (Å²) in [5, 5.41) is 0. The van der Waals surface area contributed by atoms with E-state index in [1.165, 1.54) is 6.92 Å². The van der Waals surface area contributed by atoms with Crippen LogP contribution in [0.1, 0.15) is 23.6 Å². The summed E-state index contributed by atoms with van der Waals surface area (Å²) < 4.78 is 30.8. The quantitative estimate of drug-likeness (QED) is 0.273. The molecule has 3 aromatic rings. The molecule has 6 nitrogen and oxygen atoms in total. The Labute approximate surface area is 212 Å². The van der Waals surface area contributed by atoms with Crippen molar-refractivity contribution in [2.24, 2.45) is 0 Å². The summed E-state index contributed by atoms with van der Waals surface area (Å²) >= 11 is 0. The van der Waals surface area contributed by atoms with Gasteiger partial charge in [0.15, 0.2) is 0 Å². The van der Waals surface area contributed by atoms with Crippen LogP contribution in [-0.4, -0.2) is 36.7 Å². The maximum Gasteiger partial charge on any atom is 0.305 e. The lowest BCUT2D eigenvalue weighted by atomic mass is 9.97. The maximum absolute atomic E-state index is 11.9. The fourth-order valence-electron chi connectivity index (χ4n) is 4.14. The first-order valence-corrected chi connectivity index (χ1v) is 12.1. The summed E-state index contributed by atoms with van der Waals surface area (Å²) in [6.07, 6.45) is -1.77. The normalized spacial score (nSPS) is 23.6. The van der Waals surface area contributed by atoms with Gasteiger partial charge in [-0.1, -0.05) is 97.1 Å². The number of benzene rings is 3. The van der Waals surface area contributed by atoms with Crippen molar-refractivity contribution in [3.05, 3.63) is 120 Å². The van der Waals surface area contributed by atoms with Gasteiger partial charge in [0.05, 0.1) is 19.8 Å². The molecule has 1 fully saturated rings. The van der Waals surface area contributed by atoms with Gasteiger partial charge in [-0.05, 0) is 16.7 Å². The predicted octanol–water partition coefficient (Wildman–Crippen LogP) is 5.22. The molecule has 1 unspecified atom stereocenters. The Morgan fingerprint density at radius 2 is 1.14 bits per heavy atom. The third-order valence-electron chi connectivity index (χ3n) is 5.90. The Morgan fingerprint density at radius 1 is 0.722 bits per heavy atom. The molecule has 6 heteroatoms. The first-order valence-electron chi connectivity index (χ1n) is 12.1. The predicted molar refractivity (Wildman–Crippen MR) is 136 cm³/mol. The van der Waals surface area contributed by atoms with Crippen LogP contribution >= 0.6 is 0 Å². The Bertz CT molecular complexity index is 1070. The second-order valence-corrected chi connectivity index (χ2v) is 8.60. The number of hydrogen-bond acceptors (Lipinski definition) is 6. The molecule has 188 valence electrons. The maximum atomic E-state index is 11.9. The van der Waals surface area contributed by atoms with Gasteiger partial charge in [0, 0.05) is 6.92 Å². The second kappa shape index (κ2) is 13.1. The topological polar surface area (TPSA) is 63.2 Å². The number of hydrogen-bond donors (Lipinski definition) is 0. The highest BCUT2D eigenvalue weighted by Crippen LogP contribution is 2.31. The molecule has 36 heavy (non-hydrogen) atoms. The molecule has 0 spiro atoms. The van der Waals surface area contributed by atoms with E-state index in [1.54, 1.807) is 6.08 Å². The molecule has 1 saturated heterocycles. The first-order chi connectivity index (χ1) is 17.6. The van der Waals surface area contributed by atoms with Crippen molar-refractivity contribution in [1.82, 2.24) is 0 Å². The summed E-state index contributed by atoms with van der Waals surface area (Å²) in [6.45, 7) is 6.26. The van der Waals surface area contributed by atoms with Crippen molar-refractivity contribution in [2.45, 2.75) is 57.5 Å². The largest absolute Gasteiger partial charge is 0.433 e. The van der Waals surface area contributed by atoms with E-state index in [4.69, 9.17) is 23.7 Å². The molecular weight excluding hydrogens is 456 g/mol. The fraction of sp³-hybridized carbons (Fsp3) is 0.300. The van der Waals surface area contributed by atoms with E-state index in [0.29, 0.717) is 19.8 Å². The third kappa shape index (κ3) is 7.12. The summed E-state index contributed by atoms with van der Waals surface area (Å²) in [5.74, 6) is -0.471. The molecule has 0 aromatic heterocycles. The lowest BCUT2D eigenvalue weighted by Gasteiger charge is -2.44. The van der Waals surface area contributed by atoms with Crippen LogP contribution < -0.4 is 0 Å². The van der Waals surface area contributed by atoms with E-state index < -0.39 is 36.7 Å². The van der Waals surface area contributed by atoms with Crippen molar-refractivity contribution in [3.8, 4) is 0 Å². The van der Waals surface area contributed by atoms with E-state index in [-0.39, 0.29) is 0 Å². The van der Waals surface area contributed by atoms with Crippen molar-refractivity contribution >= 4 is 5.97 Å². The smallest absolute Gasteiger partial charge is 0.305 e. The summed E-state index contributed by atoms with van der Waals surface area (Å²) in [4.78, 5) is 11.9. The molecule has 0 amide bonds. The number of esters is 1. The summed E-state index contributed by atoms with van der Waals surface area (Å²) in [7, 11) is 0. The zero-order chi connectivity index (χ0) is 25.2. The highest BCUT2D eigenvalue weighted by molar-refractivity contribution is 5.66. The molecule has 5 atom stereocenters. The number of carbonyl (C=O) groups excluding carboxylic acids is 1. The van der Waals surface area contributed by atoms with Crippen molar-refractivity contribution < 1.29 is 28.5 Å². The minimum Gasteiger partial charge on any atom is -0.433 e. The highest BCUT2D eigenvalue weighted by Gasteiger charge is 2.49. The van der Waals surface area contributed by atoms with Crippen LogP contribution in [0.4, 0.5) is 0 Å². The molecular formula is C30H32O6. The van der Waals surface area contributed by atoms with Gasteiger partial charge in [0.2, 0.25) is 6.29 Å². The second-order valence-electron chi connectivity index (χ2n) is 8.60. The summed E-state index contributed by atoms with van der Waals surface area (Å²) in [5.41, 5.74) is 3.01. The Morgan fingerprint density at radius 3 is 1.56 bits per heavy atom. The van der Waals surface area contributed by atoms with E-state index in [1.807, 2.05) is 91.0 Å². The van der Waals surface area contributed by atoms with Gasteiger partial charge >= 0.3 is 5.97 Å². The van der Waals surface area contributed by atoms with Gasteiger partial charge in [0.25, 0.3) is 0 Å². The van der Waals surface area contributed by atoms with E-state index in [2.05, 4.69) is 6.58 Å². The van der Waals surface area contributed by atoms with Crippen LogP contribution in [0.25, 0.3) is 0 Å². The number of ether oxygens (including phenoxy) is 5. The SMILES string of the molecule is C=C[C@H]1OC(OC(C)=O)[C@H](OCc2ccccc2)[C@@H](OCc2ccccc2)[C@H]1OCc1ccccc1. The van der Waals surface area contributed by atoms with Crippen LogP contribution in [0.15, 0.2) is 104 Å². The van der Waals surface area contributed by atoms with Crippen molar-refractivity contribution in [1.29, 1.82) is 0 Å². The van der Waals surface area contributed by atoms with Gasteiger partial charge in [-0.15, -0.1) is 6.58 Å². The van der Waals surface area contributed by atoms with E-state index in [9.17, 15) is 4.79 Å². The van der Waals surface area contributed by atoms with E-state index in [0.717, 1.165) is 16.7 Å². The molecule has 3 aromatic carbocycles.